The Balaban J connectivity index is 1.37. The maximum atomic E-state index is 11.9. The summed E-state index contributed by atoms with van der Waals surface area (Å²) in [6.45, 7) is 7.69. The molecule has 1 heterocycles. The van der Waals surface area contributed by atoms with E-state index in [2.05, 4.69) is 47.7 Å². The van der Waals surface area contributed by atoms with Crippen LogP contribution in [0.4, 0.5) is 4.79 Å². The predicted molar refractivity (Wildman–Crippen MR) is 110 cm³/mol. The highest BCUT2D eigenvalue weighted by atomic mass is 16.5. The van der Waals surface area contributed by atoms with Crippen molar-refractivity contribution in [3.8, 4) is 5.75 Å². The van der Waals surface area contributed by atoms with Gasteiger partial charge in [0.1, 0.15) is 12.4 Å². The lowest BCUT2D eigenvalue weighted by Crippen LogP contribution is -2.38. The van der Waals surface area contributed by atoms with E-state index in [0.29, 0.717) is 19.7 Å². The fourth-order valence-electron chi connectivity index (χ4n) is 3.13. The second-order valence-corrected chi connectivity index (χ2v) is 6.84. The van der Waals surface area contributed by atoms with Crippen molar-refractivity contribution < 1.29 is 9.53 Å². The Morgan fingerprint density at radius 2 is 1.74 bits per heavy atom. The average molecular weight is 365 g/mol. The molecule has 3 N–H and O–H groups in total. The molecule has 1 aromatic heterocycles. The number of aromatic nitrogens is 1. The summed E-state index contributed by atoms with van der Waals surface area (Å²) >= 11 is 0. The lowest BCUT2D eigenvalue weighted by molar-refractivity contribution is 0.236. The monoisotopic (exact) mass is 365 g/mol. The topological polar surface area (TPSA) is 66.2 Å². The summed E-state index contributed by atoms with van der Waals surface area (Å²) in [6, 6.07) is 12.2. The molecule has 3 aromatic rings. The summed E-state index contributed by atoms with van der Waals surface area (Å²) in [5.74, 6) is 0.875. The molecule has 3 rings (SSSR count). The highest BCUT2D eigenvalue weighted by Crippen LogP contribution is 2.22. The number of fused-ring (bicyclic) bond motifs is 1. The SMILES string of the molecule is Cc1cc(C)c(OCCNC(=O)NCCc2c[nH]c3ccccc23)cc1C. The summed E-state index contributed by atoms with van der Waals surface area (Å²) < 4.78 is 5.79. The molecule has 2 amide bonds. The van der Waals surface area contributed by atoms with E-state index in [1.54, 1.807) is 0 Å². The smallest absolute Gasteiger partial charge is 0.314 e. The van der Waals surface area contributed by atoms with Crippen molar-refractivity contribution in [3.05, 3.63) is 64.8 Å². The fraction of sp³-hybridized carbons (Fsp3) is 0.318. The number of hydrogen-bond donors (Lipinski definition) is 3. The maximum Gasteiger partial charge on any atom is 0.314 e. The molecular formula is C22H27N3O2. The van der Waals surface area contributed by atoms with Gasteiger partial charge in [-0.3, -0.25) is 0 Å². The minimum atomic E-state index is -0.171. The molecule has 27 heavy (non-hydrogen) atoms. The van der Waals surface area contributed by atoms with E-state index in [4.69, 9.17) is 4.74 Å². The second kappa shape index (κ2) is 8.62. The summed E-state index contributed by atoms with van der Waals surface area (Å²) in [5.41, 5.74) is 5.91. The normalized spacial score (nSPS) is 10.8. The zero-order valence-corrected chi connectivity index (χ0v) is 16.2. The van der Waals surface area contributed by atoms with Crippen LogP contribution in [0.15, 0.2) is 42.6 Å². The molecule has 0 atom stereocenters. The molecule has 0 radical (unpaired) electrons. The molecule has 0 saturated heterocycles. The van der Waals surface area contributed by atoms with Crippen LogP contribution in [-0.4, -0.2) is 30.7 Å². The number of benzene rings is 2. The Kier molecular flexibility index (Phi) is 6.01. The molecule has 5 heteroatoms. The third kappa shape index (κ3) is 4.82. The van der Waals surface area contributed by atoms with Crippen LogP contribution in [0.5, 0.6) is 5.75 Å². The fourth-order valence-corrected chi connectivity index (χ4v) is 3.13. The van der Waals surface area contributed by atoms with Gasteiger partial charge in [0.25, 0.3) is 0 Å². The van der Waals surface area contributed by atoms with E-state index in [0.717, 1.165) is 23.3 Å². The number of para-hydroxylation sites is 1. The molecule has 5 nitrogen and oxygen atoms in total. The highest BCUT2D eigenvalue weighted by molar-refractivity contribution is 5.83. The largest absolute Gasteiger partial charge is 0.491 e. The summed E-state index contributed by atoms with van der Waals surface area (Å²) in [4.78, 5) is 15.2. The van der Waals surface area contributed by atoms with Gasteiger partial charge < -0.3 is 20.4 Å². The highest BCUT2D eigenvalue weighted by Gasteiger charge is 2.05. The van der Waals surface area contributed by atoms with E-state index < -0.39 is 0 Å². The molecule has 0 saturated carbocycles. The van der Waals surface area contributed by atoms with Crippen LogP contribution < -0.4 is 15.4 Å². The lowest BCUT2D eigenvalue weighted by atomic mass is 10.1. The van der Waals surface area contributed by atoms with Gasteiger partial charge in [-0.25, -0.2) is 4.79 Å². The van der Waals surface area contributed by atoms with Gasteiger partial charge in [0, 0.05) is 23.6 Å². The first-order valence-electron chi connectivity index (χ1n) is 9.32. The Morgan fingerprint density at radius 1 is 1.00 bits per heavy atom. The quantitative estimate of drug-likeness (QED) is 0.554. The number of aryl methyl sites for hydroxylation is 3. The summed E-state index contributed by atoms with van der Waals surface area (Å²) in [5, 5.41) is 6.93. The van der Waals surface area contributed by atoms with E-state index >= 15 is 0 Å². The van der Waals surface area contributed by atoms with Crippen LogP contribution in [0.25, 0.3) is 10.9 Å². The van der Waals surface area contributed by atoms with Crippen molar-refractivity contribution in [3.63, 3.8) is 0 Å². The van der Waals surface area contributed by atoms with E-state index in [9.17, 15) is 4.79 Å². The van der Waals surface area contributed by atoms with Crippen LogP contribution in [0.1, 0.15) is 22.3 Å². The van der Waals surface area contributed by atoms with Crippen molar-refractivity contribution in [2.75, 3.05) is 19.7 Å². The van der Waals surface area contributed by atoms with Crippen molar-refractivity contribution in [2.45, 2.75) is 27.2 Å². The number of H-pyrrole nitrogens is 1. The number of rotatable bonds is 7. The zero-order valence-electron chi connectivity index (χ0n) is 16.2. The molecule has 0 bridgehead atoms. The first-order valence-corrected chi connectivity index (χ1v) is 9.32. The van der Waals surface area contributed by atoms with E-state index in [1.807, 2.05) is 31.3 Å². The van der Waals surface area contributed by atoms with Crippen LogP contribution in [0.2, 0.25) is 0 Å². The van der Waals surface area contributed by atoms with Crippen molar-refractivity contribution in [2.24, 2.45) is 0 Å². The Morgan fingerprint density at radius 3 is 2.59 bits per heavy atom. The van der Waals surface area contributed by atoms with Crippen molar-refractivity contribution in [1.29, 1.82) is 0 Å². The summed E-state index contributed by atoms with van der Waals surface area (Å²) in [6.07, 6.45) is 2.79. The van der Waals surface area contributed by atoms with Gasteiger partial charge in [0.2, 0.25) is 0 Å². The van der Waals surface area contributed by atoms with E-state index in [1.165, 1.54) is 22.1 Å². The van der Waals surface area contributed by atoms with E-state index in [-0.39, 0.29) is 6.03 Å². The number of carbonyl (C=O) groups excluding carboxylic acids is 1. The van der Waals surface area contributed by atoms with Crippen LogP contribution >= 0.6 is 0 Å². The van der Waals surface area contributed by atoms with Gasteiger partial charge in [-0.05, 0) is 61.6 Å². The Hall–Kier alpha value is -2.95. The van der Waals surface area contributed by atoms with Gasteiger partial charge >= 0.3 is 6.03 Å². The number of amides is 2. The zero-order chi connectivity index (χ0) is 19.2. The first kappa shape index (κ1) is 18.8. The van der Waals surface area contributed by atoms with Crippen molar-refractivity contribution in [1.82, 2.24) is 15.6 Å². The van der Waals surface area contributed by atoms with Gasteiger partial charge in [-0.2, -0.15) is 0 Å². The maximum absolute atomic E-state index is 11.9. The van der Waals surface area contributed by atoms with Crippen LogP contribution in [0, 0.1) is 20.8 Å². The standard InChI is InChI=1S/C22H27N3O2/c1-15-12-17(3)21(13-16(15)2)27-11-10-24-22(26)23-9-8-18-14-25-20-7-5-4-6-19(18)20/h4-7,12-14,25H,8-11H2,1-3H3,(H2,23,24,26). The van der Waals surface area contributed by atoms with Crippen molar-refractivity contribution >= 4 is 16.9 Å². The van der Waals surface area contributed by atoms with Gasteiger partial charge in [0.05, 0.1) is 6.54 Å². The molecule has 0 aliphatic heterocycles. The molecule has 0 spiro atoms. The number of carbonyl (C=O) groups is 1. The minimum absolute atomic E-state index is 0.171. The third-order valence-electron chi connectivity index (χ3n) is 4.79. The molecular weight excluding hydrogens is 338 g/mol. The number of ether oxygens (including phenoxy) is 1. The van der Waals surface area contributed by atoms with Gasteiger partial charge in [-0.15, -0.1) is 0 Å². The predicted octanol–water partition coefficient (Wildman–Crippen LogP) is 4.01. The molecule has 0 aliphatic rings. The molecule has 0 fully saturated rings. The van der Waals surface area contributed by atoms with Crippen LogP contribution in [0.3, 0.4) is 0 Å². The number of urea groups is 1. The molecule has 2 aromatic carbocycles. The third-order valence-corrected chi connectivity index (χ3v) is 4.79. The lowest BCUT2D eigenvalue weighted by Gasteiger charge is -2.12. The number of aromatic amines is 1. The molecule has 0 aliphatic carbocycles. The van der Waals surface area contributed by atoms with Crippen LogP contribution in [-0.2, 0) is 6.42 Å². The summed E-state index contributed by atoms with van der Waals surface area (Å²) in [7, 11) is 0. The van der Waals surface area contributed by atoms with Gasteiger partial charge in [0.15, 0.2) is 0 Å². The minimum Gasteiger partial charge on any atom is -0.491 e. The second-order valence-electron chi connectivity index (χ2n) is 6.84. The average Bonchev–Trinajstić information content (AvgIpc) is 3.06. The Labute approximate surface area is 160 Å². The first-order chi connectivity index (χ1) is 13.0. The number of hydrogen-bond acceptors (Lipinski definition) is 2. The molecule has 142 valence electrons. The Bertz CT molecular complexity index is 930. The molecule has 0 unspecified atom stereocenters. The van der Waals surface area contributed by atoms with Gasteiger partial charge in [-0.1, -0.05) is 24.3 Å². The number of nitrogens with one attached hydrogen (secondary N) is 3.